The molecule has 6 heteroatoms. The third-order valence-electron chi connectivity index (χ3n) is 4.19. The summed E-state index contributed by atoms with van der Waals surface area (Å²) in [5.74, 6) is 0.0565. The first-order valence-electron chi connectivity index (χ1n) is 8.69. The Hall–Kier alpha value is -2.34. The lowest BCUT2D eigenvalue weighted by Crippen LogP contribution is -2.46. The number of hydrogen-bond acceptors (Lipinski definition) is 3. The van der Waals surface area contributed by atoms with Gasteiger partial charge in [0.2, 0.25) is 15.9 Å². The number of amides is 1. The second kappa shape index (κ2) is 8.36. The van der Waals surface area contributed by atoms with Crippen LogP contribution in [0.5, 0.6) is 0 Å². The Kier molecular flexibility index (Phi) is 6.42. The first kappa shape index (κ1) is 20.0. The fraction of sp³-hybridized carbons (Fsp3) is 0.350. The molecule has 0 radical (unpaired) electrons. The summed E-state index contributed by atoms with van der Waals surface area (Å²) in [5.41, 5.74) is 2.31. The van der Waals surface area contributed by atoms with Gasteiger partial charge in [-0.1, -0.05) is 51.1 Å². The second-order valence-corrected chi connectivity index (χ2v) is 8.44. The number of rotatable bonds is 7. The van der Waals surface area contributed by atoms with Gasteiger partial charge in [0.15, 0.2) is 0 Å². The van der Waals surface area contributed by atoms with Gasteiger partial charge in [0.05, 0.1) is 11.9 Å². The molecule has 1 amide bonds. The van der Waals surface area contributed by atoms with Crippen molar-refractivity contribution in [2.24, 2.45) is 0 Å². The molecule has 0 heterocycles. The smallest absolute Gasteiger partial charge is 0.248 e. The highest BCUT2D eigenvalue weighted by atomic mass is 32.2. The van der Waals surface area contributed by atoms with E-state index in [1.165, 1.54) is 9.87 Å². The molecule has 0 spiro atoms. The molecule has 2 aromatic rings. The molecule has 0 bridgehead atoms. The minimum absolute atomic E-state index is 0.348. The van der Waals surface area contributed by atoms with Gasteiger partial charge in [0, 0.05) is 5.69 Å². The Bertz CT molecular complexity index is 831. The van der Waals surface area contributed by atoms with E-state index in [1.807, 2.05) is 24.3 Å². The summed E-state index contributed by atoms with van der Waals surface area (Å²) in [6, 6.07) is 15.5. The van der Waals surface area contributed by atoms with E-state index in [2.05, 4.69) is 19.2 Å². The second-order valence-electron chi connectivity index (χ2n) is 6.58. The highest BCUT2D eigenvalue weighted by Gasteiger charge is 2.31. The monoisotopic (exact) mass is 374 g/mol. The van der Waals surface area contributed by atoms with Crippen LogP contribution < -0.4 is 9.62 Å². The molecule has 26 heavy (non-hydrogen) atoms. The number of nitrogens with one attached hydrogen (secondary N) is 1. The van der Waals surface area contributed by atoms with Crippen molar-refractivity contribution in [3.05, 3.63) is 60.2 Å². The zero-order chi connectivity index (χ0) is 19.3. The number of para-hydroxylation sites is 1. The van der Waals surface area contributed by atoms with Gasteiger partial charge in [0.1, 0.15) is 6.04 Å². The highest BCUT2D eigenvalue weighted by molar-refractivity contribution is 7.92. The van der Waals surface area contributed by atoms with Gasteiger partial charge in [-0.15, -0.1) is 0 Å². The Morgan fingerprint density at radius 3 is 2.08 bits per heavy atom. The molecule has 0 aliphatic heterocycles. The van der Waals surface area contributed by atoms with E-state index >= 15 is 0 Å². The summed E-state index contributed by atoms with van der Waals surface area (Å²) in [4.78, 5) is 12.8. The number of benzene rings is 2. The largest absolute Gasteiger partial charge is 0.324 e. The predicted octanol–water partition coefficient (Wildman–Crippen LogP) is 3.99. The minimum atomic E-state index is -3.61. The van der Waals surface area contributed by atoms with Crippen molar-refractivity contribution in [1.29, 1.82) is 0 Å². The van der Waals surface area contributed by atoms with Crippen LogP contribution in [-0.4, -0.2) is 26.6 Å². The topological polar surface area (TPSA) is 66.5 Å². The first-order chi connectivity index (χ1) is 12.2. The van der Waals surface area contributed by atoms with Crippen LogP contribution in [-0.2, 0) is 14.8 Å². The van der Waals surface area contributed by atoms with E-state index in [0.717, 1.165) is 6.26 Å². The molecule has 1 atom stereocenters. The highest BCUT2D eigenvalue weighted by Crippen LogP contribution is 2.23. The molecule has 0 aromatic heterocycles. The number of anilines is 2. The Balaban J connectivity index is 2.28. The van der Waals surface area contributed by atoms with Crippen molar-refractivity contribution >= 4 is 27.3 Å². The maximum atomic E-state index is 12.8. The van der Waals surface area contributed by atoms with Crippen LogP contribution >= 0.6 is 0 Å². The van der Waals surface area contributed by atoms with Gasteiger partial charge in [-0.25, -0.2) is 8.42 Å². The fourth-order valence-corrected chi connectivity index (χ4v) is 4.02. The number of nitrogens with zero attached hydrogens (tertiary/aromatic N) is 1. The molecule has 2 rings (SSSR count). The molecular formula is C20H26N2O3S. The average Bonchev–Trinajstić information content (AvgIpc) is 2.59. The average molecular weight is 375 g/mol. The lowest BCUT2D eigenvalue weighted by atomic mass is 10.0. The van der Waals surface area contributed by atoms with Gasteiger partial charge in [-0.2, -0.15) is 0 Å². The Morgan fingerprint density at radius 1 is 1.04 bits per heavy atom. The zero-order valence-electron chi connectivity index (χ0n) is 15.6. The predicted molar refractivity (Wildman–Crippen MR) is 107 cm³/mol. The third kappa shape index (κ3) is 4.85. The summed E-state index contributed by atoms with van der Waals surface area (Å²) in [5, 5.41) is 2.84. The van der Waals surface area contributed by atoms with E-state index in [0.29, 0.717) is 23.7 Å². The SMILES string of the molecule is CCC(C(=O)Nc1ccc(C(C)C)cc1)N(c1ccccc1)S(C)(=O)=O. The fourth-order valence-electron chi connectivity index (χ4n) is 2.81. The molecule has 5 nitrogen and oxygen atoms in total. The molecule has 0 saturated carbocycles. The molecule has 1 N–H and O–H groups in total. The molecule has 0 fully saturated rings. The van der Waals surface area contributed by atoms with Crippen LogP contribution in [0.15, 0.2) is 54.6 Å². The molecule has 2 aromatic carbocycles. The molecule has 140 valence electrons. The van der Waals surface area contributed by atoms with Crippen molar-refractivity contribution in [2.45, 2.75) is 39.2 Å². The van der Waals surface area contributed by atoms with Crippen LogP contribution in [0.4, 0.5) is 11.4 Å². The quantitative estimate of drug-likeness (QED) is 0.797. The van der Waals surface area contributed by atoms with E-state index < -0.39 is 16.1 Å². The first-order valence-corrected chi connectivity index (χ1v) is 10.5. The van der Waals surface area contributed by atoms with Crippen molar-refractivity contribution in [1.82, 2.24) is 0 Å². The van der Waals surface area contributed by atoms with Crippen molar-refractivity contribution in [3.63, 3.8) is 0 Å². The van der Waals surface area contributed by atoms with Gasteiger partial charge >= 0.3 is 0 Å². The van der Waals surface area contributed by atoms with Crippen LogP contribution in [0.3, 0.4) is 0 Å². The van der Waals surface area contributed by atoms with Crippen molar-refractivity contribution in [3.8, 4) is 0 Å². The van der Waals surface area contributed by atoms with Crippen LogP contribution in [0.25, 0.3) is 0 Å². The minimum Gasteiger partial charge on any atom is -0.324 e. The van der Waals surface area contributed by atoms with Crippen molar-refractivity contribution < 1.29 is 13.2 Å². The summed E-state index contributed by atoms with van der Waals surface area (Å²) in [7, 11) is -3.61. The van der Waals surface area contributed by atoms with Gasteiger partial charge < -0.3 is 5.32 Å². The molecular weight excluding hydrogens is 348 g/mol. The van der Waals surface area contributed by atoms with E-state index in [9.17, 15) is 13.2 Å². The molecule has 0 aliphatic carbocycles. The van der Waals surface area contributed by atoms with E-state index in [4.69, 9.17) is 0 Å². The number of hydrogen-bond donors (Lipinski definition) is 1. The number of carbonyl (C=O) groups is 1. The lowest BCUT2D eigenvalue weighted by molar-refractivity contribution is -0.117. The number of carbonyl (C=O) groups excluding carboxylic acids is 1. The normalized spacial score (nSPS) is 12.7. The lowest BCUT2D eigenvalue weighted by Gasteiger charge is -2.30. The van der Waals surface area contributed by atoms with Gasteiger partial charge in [-0.3, -0.25) is 9.10 Å². The van der Waals surface area contributed by atoms with Crippen LogP contribution in [0.2, 0.25) is 0 Å². The maximum Gasteiger partial charge on any atom is 0.248 e. The van der Waals surface area contributed by atoms with Crippen LogP contribution in [0, 0.1) is 0 Å². The summed E-state index contributed by atoms with van der Waals surface area (Å²) in [6.07, 6.45) is 1.48. The van der Waals surface area contributed by atoms with Gasteiger partial charge in [0.25, 0.3) is 0 Å². The number of sulfonamides is 1. The summed E-state index contributed by atoms with van der Waals surface area (Å²) >= 11 is 0. The molecule has 0 saturated heterocycles. The standard InChI is InChI=1S/C20H26N2O3S/c1-5-19(22(26(4,24)25)18-9-7-6-8-10-18)20(23)21-17-13-11-16(12-14-17)15(2)3/h6-15,19H,5H2,1-4H3,(H,21,23). The van der Waals surface area contributed by atoms with Gasteiger partial charge in [-0.05, 0) is 42.2 Å². The maximum absolute atomic E-state index is 12.8. The summed E-state index contributed by atoms with van der Waals surface area (Å²) < 4.78 is 25.9. The van der Waals surface area contributed by atoms with Crippen LogP contribution in [0.1, 0.15) is 38.7 Å². The Morgan fingerprint density at radius 2 is 1.62 bits per heavy atom. The van der Waals surface area contributed by atoms with E-state index in [1.54, 1.807) is 37.3 Å². The summed E-state index contributed by atoms with van der Waals surface area (Å²) in [6.45, 7) is 6.00. The Labute approximate surface area is 156 Å². The van der Waals surface area contributed by atoms with E-state index in [-0.39, 0.29) is 5.91 Å². The molecule has 0 aliphatic rings. The van der Waals surface area contributed by atoms with Crippen molar-refractivity contribution in [2.75, 3.05) is 15.9 Å². The third-order valence-corrected chi connectivity index (χ3v) is 5.37. The molecule has 1 unspecified atom stereocenters. The zero-order valence-corrected chi connectivity index (χ0v) is 16.5.